The highest BCUT2D eigenvalue weighted by Gasteiger charge is 2.04. The Morgan fingerprint density at radius 2 is 2.06 bits per heavy atom. The molecule has 1 N–H and O–H groups in total. The number of hydrogen-bond donors (Lipinski definition) is 1. The summed E-state index contributed by atoms with van der Waals surface area (Å²) in [5, 5.41) is 4.38. The Hall–Kier alpha value is -1.88. The van der Waals surface area contributed by atoms with Gasteiger partial charge in [-0.25, -0.2) is 0 Å². The number of amides is 1. The van der Waals surface area contributed by atoms with Crippen LogP contribution in [0.3, 0.4) is 0 Å². The van der Waals surface area contributed by atoms with Crippen molar-refractivity contribution in [3.63, 3.8) is 0 Å². The van der Waals surface area contributed by atoms with Crippen LogP contribution in [-0.4, -0.2) is 10.5 Å². The Balaban J connectivity index is 2.00. The van der Waals surface area contributed by atoms with Gasteiger partial charge in [-0.3, -0.25) is 14.2 Å². The lowest BCUT2D eigenvalue weighted by Gasteiger charge is -2.04. The van der Waals surface area contributed by atoms with Crippen LogP contribution in [-0.2, 0) is 11.3 Å². The summed E-state index contributed by atoms with van der Waals surface area (Å²) in [5.41, 5.74) is 0.732. The molecule has 1 aromatic heterocycles. The summed E-state index contributed by atoms with van der Waals surface area (Å²) in [6.45, 7) is 0.0528. The number of aromatic nitrogens is 1. The predicted molar refractivity (Wildman–Crippen MR) is 63.7 cm³/mol. The molecule has 0 aliphatic carbocycles. The first-order chi connectivity index (χ1) is 7.75. The largest absolute Gasteiger partial charge is 0.325 e. The van der Waals surface area contributed by atoms with Crippen LogP contribution in [0, 0.1) is 0 Å². The Kier molecular flexibility index (Phi) is 3.16. The number of rotatable bonds is 3. The summed E-state index contributed by atoms with van der Waals surface area (Å²) in [7, 11) is 0. The molecule has 16 heavy (non-hydrogen) atoms. The lowest BCUT2D eigenvalue weighted by atomic mass is 10.3. The number of nitrogens with one attached hydrogen (secondary N) is 1. The van der Waals surface area contributed by atoms with Gasteiger partial charge >= 0.3 is 4.87 Å². The van der Waals surface area contributed by atoms with E-state index in [1.807, 2.05) is 18.2 Å². The average molecular weight is 234 g/mol. The second-order valence-corrected chi connectivity index (χ2v) is 4.07. The molecule has 82 valence electrons. The highest BCUT2D eigenvalue weighted by atomic mass is 32.1. The molecule has 0 unspecified atom stereocenters. The zero-order valence-electron chi connectivity index (χ0n) is 8.42. The molecule has 1 heterocycles. The van der Waals surface area contributed by atoms with Crippen molar-refractivity contribution in [2.45, 2.75) is 6.54 Å². The molecule has 0 spiro atoms. The molecular weight excluding hydrogens is 224 g/mol. The number of carbonyl (C=O) groups excluding carboxylic acids is 1. The predicted octanol–water partition coefficient (Wildman–Crippen LogP) is 1.55. The number of para-hydroxylation sites is 1. The number of benzene rings is 1. The summed E-state index contributed by atoms with van der Waals surface area (Å²) in [4.78, 5) is 22.7. The first kappa shape index (κ1) is 10.6. The maximum absolute atomic E-state index is 11.6. The van der Waals surface area contributed by atoms with Gasteiger partial charge in [0.1, 0.15) is 6.54 Å². The molecule has 0 fully saturated rings. The first-order valence-electron chi connectivity index (χ1n) is 4.74. The smallest absolute Gasteiger partial charge is 0.307 e. The van der Waals surface area contributed by atoms with E-state index in [0.717, 1.165) is 17.0 Å². The summed E-state index contributed by atoms with van der Waals surface area (Å²) >= 11 is 1.08. The average Bonchev–Trinajstić information content (AvgIpc) is 2.66. The summed E-state index contributed by atoms with van der Waals surface area (Å²) < 4.78 is 1.38. The van der Waals surface area contributed by atoms with Gasteiger partial charge in [-0.15, -0.1) is 0 Å². The Morgan fingerprint density at radius 1 is 1.31 bits per heavy atom. The zero-order chi connectivity index (χ0) is 11.4. The fourth-order valence-corrected chi connectivity index (χ4v) is 1.87. The lowest BCUT2D eigenvalue weighted by Crippen LogP contribution is -2.23. The minimum Gasteiger partial charge on any atom is -0.325 e. The van der Waals surface area contributed by atoms with E-state index in [9.17, 15) is 9.59 Å². The molecule has 4 nitrogen and oxygen atoms in total. The molecule has 0 atom stereocenters. The third-order valence-electron chi connectivity index (χ3n) is 2.02. The monoisotopic (exact) mass is 234 g/mol. The fourth-order valence-electron chi connectivity index (χ4n) is 1.28. The van der Waals surface area contributed by atoms with Crippen molar-refractivity contribution >= 4 is 22.9 Å². The van der Waals surface area contributed by atoms with E-state index >= 15 is 0 Å². The van der Waals surface area contributed by atoms with Crippen LogP contribution >= 0.6 is 11.3 Å². The number of anilines is 1. The van der Waals surface area contributed by atoms with Crippen LogP contribution in [0.15, 0.2) is 46.7 Å². The van der Waals surface area contributed by atoms with Crippen LogP contribution in [0.25, 0.3) is 0 Å². The van der Waals surface area contributed by atoms with Crippen LogP contribution in [0.5, 0.6) is 0 Å². The van der Waals surface area contributed by atoms with E-state index in [4.69, 9.17) is 0 Å². The third-order valence-corrected chi connectivity index (χ3v) is 2.71. The second-order valence-electron chi connectivity index (χ2n) is 3.21. The number of thiazole rings is 1. The highest BCUT2D eigenvalue weighted by Crippen LogP contribution is 2.04. The van der Waals surface area contributed by atoms with Crippen molar-refractivity contribution < 1.29 is 4.79 Å². The van der Waals surface area contributed by atoms with Crippen LogP contribution in [0.2, 0.25) is 0 Å². The van der Waals surface area contributed by atoms with Gasteiger partial charge in [0.2, 0.25) is 5.91 Å². The zero-order valence-corrected chi connectivity index (χ0v) is 9.24. The van der Waals surface area contributed by atoms with Gasteiger partial charge in [-0.05, 0) is 12.1 Å². The van der Waals surface area contributed by atoms with Crippen molar-refractivity contribution in [2.24, 2.45) is 0 Å². The molecule has 0 aliphatic rings. The van der Waals surface area contributed by atoms with Gasteiger partial charge in [-0.2, -0.15) is 0 Å². The quantitative estimate of drug-likeness (QED) is 0.876. The SMILES string of the molecule is O=C(Cn1ccsc1=O)Nc1ccccc1. The minimum atomic E-state index is -0.202. The van der Waals surface area contributed by atoms with Gasteiger partial charge in [0.15, 0.2) is 0 Å². The van der Waals surface area contributed by atoms with E-state index in [0.29, 0.717) is 0 Å². The summed E-state index contributed by atoms with van der Waals surface area (Å²) in [5.74, 6) is -0.202. The van der Waals surface area contributed by atoms with E-state index in [1.54, 1.807) is 23.7 Å². The van der Waals surface area contributed by atoms with Gasteiger partial charge in [0.25, 0.3) is 0 Å². The van der Waals surface area contributed by atoms with Gasteiger partial charge in [0, 0.05) is 17.3 Å². The number of hydrogen-bond acceptors (Lipinski definition) is 3. The normalized spacial score (nSPS) is 10.0. The standard InChI is InChI=1S/C11H10N2O2S/c14-10(8-13-6-7-16-11(13)15)12-9-4-2-1-3-5-9/h1-7H,8H2,(H,12,14). The Morgan fingerprint density at radius 3 is 2.69 bits per heavy atom. The summed E-state index contributed by atoms with van der Waals surface area (Å²) in [6.07, 6.45) is 1.61. The first-order valence-corrected chi connectivity index (χ1v) is 5.62. The maximum atomic E-state index is 11.6. The third kappa shape index (κ3) is 2.58. The fraction of sp³-hybridized carbons (Fsp3) is 0.0909. The summed E-state index contributed by atoms with van der Waals surface area (Å²) in [6, 6.07) is 9.15. The molecule has 0 aliphatic heterocycles. The maximum Gasteiger partial charge on any atom is 0.307 e. The van der Waals surface area contributed by atoms with Crippen molar-refractivity contribution in [3.8, 4) is 0 Å². The van der Waals surface area contributed by atoms with Gasteiger partial charge in [0.05, 0.1) is 0 Å². The minimum absolute atomic E-state index is 0.0528. The molecule has 5 heteroatoms. The Labute approximate surface area is 96.2 Å². The van der Waals surface area contributed by atoms with Crippen molar-refractivity contribution in [1.29, 1.82) is 0 Å². The molecule has 0 saturated heterocycles. The molecular formula is C11H10N2O2S. The topological polar surface area (TPSA) is 51.1 Å². The molecule has 2 aromatic rings. The number of carbonyl (C=O) groups is 1. The van der Waals surface area contributed by atoms with Crippen molar-refractivity contribution in [2.75, 3.05) is 5.32 Å². The van der Waals surface area contributed by atoms with E-state index in [1.165, 1.54) is 4.57 Å². The van der Waals surface area contributed by atoms with Crippen LogP contribution in [0.4, 0.5) is 5.69 Å². The Bertz CT molecular complexity index is 530. The van der Waals surface area contributed by atoms with E-state index < -0.39 is 0 Å². The molecule has 0 saturated carbocycles. The van der Waals surface area contributed by atoms with Crippen molar-refractivity contribution in [3.05, 3.63) is 51.6 Å². The van der Waals surface area contributed by atoms with Gasteiger partial charge < -0.3 is 5.32 Å². The van der Waals surface area contributed by atoms with Crippen LogP contribution < -0.4 is 10.2 Å². The van der Waals surface area contributed by atoms with Crippen LogP contribution in [0.1, 0.15) is 0 Å². The molecule has 1 aromatic carbocycles. The van der Waals surface area contributed by atoms with Gasteiger partial charge in [-0.1, -0.05) is 29.5 Å². The molecule has 2 rings (SSSR count). The molecule has 1 amide bonds. The van der Waals surface area contributed by atoms with Crippen molar-refractivity contribution in [1.82, 2.24) is 4.57 Å². The molecule has 0 bridgehead atoms. The van der Waals surface area contributed by atoms with E-state index in [2.05, 4.69) is 5.32 Å². The lowest BCUT2D eigenvalue weighted by molar-refractivity contribution is -0.116. The number of nitrogens with zero attached hydrogens (tertiary/aromatic N) is 1. The second kappa shape index (κ2) is 4.76. The van der Waals surface area contributed by atoms with E-state index in [-0.39, 0.29) is 17.3 Å². The highest BCUT2D eigenvalue weighted by molar-refractivity contribution is 7.07. The molecule has 0 radical (unpaired) electrons.